The molecule has 0 amide bonds. The van der Waals surface area contributed by atoms with Gasteiger partial charge in [-0.05, 0) is 61.1 Å². The highest BCUT2D eigenvalue weighted by Gasteiger charge is 2.24. The summed E-state index contributed by atoms with van der Waals surface area (Å²) in [6.07, 6.45) is 1.42. The van der Waals surface area contributed by atoms with E-state index in [1.807, 2.05) is 31.2 Å². The maximum absolute atomic E-state index is 13.4. The maximum Gasteiger partial charge on any atom is 0.183 e. The summed E-state index contributed by atoms with van der Waals surface area (Å²) in [5, 5.41) is 10.6. The van der Waals surface area contributed by atoms with E-state index in [0.29, 0.717) is 16.9 Å². The SMILES string of the molecule is CCc1cccc(Cc2cc(C)cc(C)c2S(=O)(=O)Cc2cc(Cl)cc(Cl)c2O)c1. The minimum Gasteiger partial charge on any atom is -0.506 e. The Morgan fingerprint density at radius 3 is 2.33 bits per heavy atom. The van der Waals surface area contributed by atoms with E-state index >= 15 is 0 Å². The van der Waals surface area contributed by atoms with Crippen molar-refractivity contribution in [3.05, 3.63) is 92.0 Å². The molecule has 0 radical (unpaired) electrons. The Morgan fingerprint density at radius 2 is 1.63 bits per heavy atom. The highest BCUT2D eigenvalue weighted by atomic mass is 35.5. The Labute approximate surface area is 188 Å². The molecule has 0 fully saturated rings. The molecular weight excluding hydrogens is 439 g/mol. The van der Waals surface area contributed by atoms with E-state index in [1.165, 1.54) is 17.7 Å². The van der Waals surface area contributed by atoms with Crippen LogP contribution in [0.5, 0.6) is 5.75 Å². The van der Waals surface area contributed by atoms with Gasteiger partial charge in [0.1, 0.15) is 5.75 Å². The van der Waals surface area contributed by atoms with Gasteiger partial charge in [0.2, 0.25) is 0 Å². The summed E-state index contributed by atoms with van der Waals surface area (Å²) in [6.45, 7) is 5.85. The van der Waals surface area contributed by atoms with E-state index in [1.54, 1.807) is 6.92 Å². The zero-order valence-corrected chi connectivity index (χ0v) is 19.5. The maximum atomic E-state index is 13.4. The van der Waals surface area contributed by atoms with Crippen molar-refractivity contribution in [1.29, 1.82) is 0 Å². The fourth-order valence-corrected chi connectivity index (χ4v) is 6.19. The molecule has 0 aromatic heterocycles. The monoisotopic (exact) mass is 462 g/mol. The molecule has 0 aliphatic rings. The number of rotatable bonds is 6. The third kappa shape index (κ3) is 5.00. The van der Waals surface area contributed by atoms with Gasteiger partial charge in [0.15, 0.2) is 9.84 Å². The molecule has 30 heavy (non-hydrogen) atoms. The van der Waals surface area contributed by atoms with Gasteiger partial charge in [0.05, 0.1) is 15.7 Å². The molecule has 1 N–H and O–H groups in total. The molecule has 0 unspecified atom stereocenters. The zero-order chi connectivity index (χ0) is 22.1. The summed E-state index contributed by atoms with van der Waals surface area (Å²) in [5.41, 5.74) is 4.88. The van der Waals surface area contributed by atoms with E-state index in [9.17, 15) is 13.5 Å². The average Bonchev–Trinajstić information content (AvgIpc) is 2.64. The predicted octanol–water partition coefficient (Wildman–Crippen LogP) is 6.44. The first-order valence-corrected chi connectivity index (χ1v) is 12.1. The standard InChI is InChI=1S/C24H24Cl2O3S/c1-4-17-6-5-7-18(10-17)11-19-9-15(2)8-16(3)24(19)30(28,29)14-20-12-21(25)13-22(26)23(20)27/h5-10,12-13,27H,4,11,14H2,1-3H3. The Morgan fingerprint density at radius 1 is 0.933 bits per heavy atom. The topological polar surface area (TPSA) is 54.4 Å². The van der Waals surface area contributed by atoms with Gasteiger partial charge >= 0.3 is 0 Å². The van der Waals surface area contributed by atoms with Crippen LogP contribution in [0.25, 0.3) is 0 Å². The van der Waals surface area contributed by atoms with Gasteiger partial charge < -0.3 is 5.11 Å². The number of benzene rings is 3. The van der Waals surface area contributed by atoms with Gasteiger partial charge in [-0.2, -0.15) is 0 Å². The van der Waals surface area contributed by atoms with Crippen LogP contribution in [0.1, 0.15) is 40.3 Å². The first-order valence-electron chi connectivity index (χ1n) is 9.68. The van der Waals surface area contributed by atoms with Crippen LogP contribution in [0, 0.1) is 13.8 Å². The molecule has 158 valence electrons. The van der Waals surface area contributed by atoms with Crippen LogP contribution < -0.4 is 0 Å². The number of sulfone groups is 1. The lowest BCUT2D eigenvalue weighted by atomic mass is 9.99. The minimum absolute atomic E-state index is 0.0323. The molecule has 3 nitrogen and oxygen atoms in total. The molecule has 3 aromatic rings. The van der Waals surface area contributed by atoms with Crippen LogP contribution in [-0.4, -0.2) is 13.5 Å². The number of aryl methyl sites for hydroxylation is 3. The summed E-state index contributed by atoms with van der Waals surface area (Å²) in [5.74, 6) is -0.642. The van der Waals surface area contributed by atoms with Gasteiger partial charge in [-0.25, -0.2) is 8.42 Å². The van der Waals surface area contributed by atoms with Crippen molar-refractivity contribution in [1.82, 2.24) is 0 Å². The molecule has 6 heteroatoms. The van der Waals surface area contributed by atoms with Crippen LogP contribution in [0.2, 0.25) is 10.0 Å². The summed E-state index contributed by atoms with van der Waals surface area (Å²) >= 11 is 12.0. The number of hydrogen-bond acceptors (Lipinski definition) is 3. The fraction of sp³-hybridized carbons (Fsp3) is 0.250. The van der Waals surface area contributed by atoms with Gasteiger partial charge in [-0.3, -0.25) is 0 Å². The molecule has 0 bridgehead atoms. The van der Waals surface area contributed by atoms with E-state index in [0.717, 1.165) is 23.1 Å². The highest BCUT2D eigenvalue weighted by Crippen LogP contribution is 2.35. The van der Waals surface area contributed by atoms with Crippen LogP contribution in [0.3, 0.4) is 0 Å². The Hall–Kier alpha value is -2.01. The second-order valence-corrected chi connectivity index (χ2v) is 10.3. The molecule has 0 aliphatic heterocycles. The van der Waals surface area contributed by atoms with E-state index in [2.05, 4.69) is 19.1 Å². The summed E-state index contributed by atoms with van der Waals surface area (Å²) in [7, 11) is -3.76. The van der Waals surface area contributed by atoms with Crippen molar-refractivity contribution in [2.75, 3.05) is 0 Å². The third-order valence-electron chi connectivity index (χ3n) is 5.05. The molecule has 3 rings (SSSR count). The van der Waals surface area contributed by atoms with Crippen molar-refractivity contribution in [3.8, 4) is 5.75 Å². The Kier molecular flexibility index (Phi) is 6.81. The zero-order valence-electron chi connectivity index (χ0n) is 17.2. The van der Waals surface area contributed by atoms with Gasteiger partial charge in [0.25, 0.3) is 0 Å². The second kappa shape index (κ2) is 9.01. The lowest BCUT2D eigenvalue weighted by molar-refractivity contribution is 0.470. The Bertz CT molecular complexity index is 1200. The highest BCUT2D eigenvalue weighted by molar-refractivity contribution is 7.90. The van der Waals surface area contributed by atoms with Crippen molar-refractivity contribution in [2.45, 2.75) is 44.3 Å². The van der Waals surface area contributed by atoms with Crippen LogP contribution in [0.15, 0.2) is 53.4 Å². The number of phenolic OH excluding ortho intramolecular Hbond substituents is 1. The Balaban J connectivity index is 2.08. The predicted molar refractivity (Wildman–Crippen MR) is 124 cm³/mol. The smallest absolute Gasteiger partial charge is 0.183 e. The van der Waals surface area contributed by atoms with Gasteiger partial charge in [0, 0.05) is 10.6 Å². The summed E-state index contributed by atoms with van der Waals surface area (Å²) in [4.78, 5) is 0.297. The fourth-order valence-electron chi connectivity index (χ4n) is 3.80. The van der Waals surface area contributed by atoms with E-state index in [4.69, 9.17) is 23.2 Å². The van der Waals surface area contributed by atoms with Crippen molar-refractivity contribution in [3.63, 3.8) is 0 Å². The van der Waals surface area contributed by atoms with Gasteiger partial charge in [-0.1, -0.05) is 72.1 Å². The normalized spacial score (nSPS) is 11.6. The van der Waals surface area contributed by atoms with Crippen LogP contribution >= 0.6 is 23.2 Å². The number of aromatic hydroxyl groups is 1. The van der Waals surface area contributed by atoms with Crippen molar-refractivity contribution < 1.29 is 13.5 Å². The third-order valence-corrected chi connectivity index (χ3v) is 7.46. The largest absolute Gasteiger partial charge is 0.506 e. The summed E-state index contributed by atoms with van der Waals surface area (Å²) < 4.78 is 26.9. The number of hydrogen-bond donors (Lipinski definition) is 1. The van der Waals surface area contributed by atoms with Gasteiger partial charge in [-0.15, -0.1) is 0 Å². The molecule has 3 aromatic carbocycles. The molecule has 0 heterocycles. The quantitative estimate of drug-likeness (QED) is 0.458. The minimum atomic E-state index is -3.76. The van der Waals surface area contributed by atoms with Crippen LogP contribution in [-0.2, 0) is 28.4 Å². The van der Waals surface area contributed by atoms with E-state index < -0.39 is 9.84 Å². The summed E-state index contributed by atoms with van der Waals surface area (Å²) in [6, 6.07) is 14.8. The number of phenols is 1. The lowest BCUT2D eigenvalue weighted by Gasteiger charge is -2.16. The number of halogens is 2. The molecule has 0 saturated carbocycles. The molecule has 0 atom stereocenters. The first-order chi connectivity index (χ1) is 14.1. The molecule has 0 aliphatic carbocycles. The van der Waals surface area contributed by atoms with Crippen molar-refractivity contribution in [2.24, 2.45) is 0 Å². The first kappa shape index (κ1) is 22.7. The van der Waals surface area contributed by atoms with E-state index in [-0.39, 0.29) is 27.1 Å². The molecule has 0 saturated heterocycles. The average molecular weight is 463 g/mol. The lowest BCUT2D eigenvalue weighted by Crippen LogP contribution is -2.11. The molecule has 0 spiro atoms. The second-order valence-electron chi connectivity index (χ2n) is 7.57. The van der Waals surface area contributed by atoms with Crippen molar-refractivity contribution >= 4 is 33.0 Å². The van der Waals surface area contributed by atoms with Crippen LogP contribution in [0.4, 0.5) is 0 Å². The molecular formula is C24H24Cl2O3S.